The summed E-state index contributed by atoms with van der Waals surface area (Å²) in [7, 11) is 1.47. The molecule has 1 saturated heterocycles. The minimum absolute atomic E-state index is 0.0168. The first kappa shape index (κ1) is 16.6. The van der Waals surface area contributed by atoms with Crippen molar-refractivity contribution in [2.75, 3.05) is 25.1 Å². The van der Waals surface area contributed by atoms with Gasteiger partial charge < -0.3 is 14.7 Å². The van der Waals surface area contributed by atoms with Crippen LogP contribution in [0.4, 0.5) is 18.9 Å². The number of methoxy groups -OCH3 is 1. The quantitative estimate of drug-likeness (QED) is 0.925. The summed E-state index contributed by atoms with van der Waals surface area (Å²) in [6, 6.07) is 4.99. The van der Waals surface area contributed by atoms with E-state index in [4.69, 9.17) is 4.74 Å². The standard InChI is InChI=1S/C15H18F3NO3/c1-22-9-10-3-2-4-12(13(10)14(20)21)19-7-5-11(6-8-19)15(16,17)18/h2-4,11H,5-9H2,1H3,(H,20,21). The third kappa shape index (κ3) is 3.52. The van der Waals surface area contributed by atoms with Crippen molar-refractivity contribution >= 4 is 11.7 Å². The second-order valence-corrected chi connectivity index (χ2v) is 5.35. The summed E-state index contributed by atoms with van der Waals surface area (Å²) < 4.78 is 43.1. The Morgan fingerprint density at radius 3 is 2.50 bits per heavy atom. The van der Waals surface area contributed by atoms with Gasteiger partial charge in [-0.05, 0) is 24.5 Å². The zero-order valence-corrected chi connectivity index (χ0v) is 12.2. The molecule has 0 radical (unpaired) electrons. The number of rotatable bonds is 4. The molecule has 0 saturated carbocycles. The maximum absolute atomic E-state index is 12.7. The summed E-state index contributed by atoms with van der Waals surface area (Å²) in [5, 5.41) is 9.42. The van der Waals surface area contributed by atoms with Crippen LogP contribution in [0.1, 0.15) is 28.8 Å². The molecule has 1 aromatic carbocycles. The molecular formula is C15H18F3NO3. The third-order valence-electron chi connectivity index (χ3n) is 3.94. The van der Waals surface area contributed by atoms with Crippen molar-refractivity contribution < 1.29 is 27.8 Å². The number of carboxylic acid groups (broad SMARTS) is 1. The molecule has 22 heavy (non-hydrogen) atoms. The number of nitrogens with zero attached hydrogens (tertiary/aromatic N) is 1. The number of alkyl halides is 3. The molecule has 0 aliphatic carbocycles. The predicted molar refractivity (Wildman–Crippen MR) is 75.1 cm³/mol. The van der Waals surface area contributed by atoms with E-state index in [1.165, 1.54) is 7.11 Å². The van der Waals surface area contributed by atoms with Crippen LogP contribution in [0.25, 0.3) is 0 Å². The first-order valence-electron chi connectivity index (χ1n) is 7.00. The Balaban J connectivity index is 2.23. The lowest BCUT2D eigenvalue weighted by atomic mass is 9.94. The van der Waals surface area contributed by atoms with Gasteiger partial charge in [0.2, 0.25) is 0 Å². The fourth-order valence-electron chi connectivity index (χ4n) is 2.82. The molecule has 0 spiro atoms. The molecule has 7 heteroatoms. The number of aromatic carboxylic acids is 1. The predicted octanol–water partition coefficient (Wildman–Crippen LogP) is 3.31. The number of halogens is 3. The van der Waals surface area contributed by atoms with Crippen molar-refractivity contribution in [3.8, 4) is 0 Å². The van der Waals surface area contributed by atoms with Crippen molar-refractivity contribution in [1.29, 1.82) is 0 Å². The Morgan fingerprint density at radius 1 is 1.36 bits per heavy atom. The van der Waals surface area contributed by atoms with E-state index >= 15 is 0 Å². The number of hydrogen-bond donors (Lipinski definition) is 1. The van der Waals surface area contributed by atoms with E-state index in [2.05, 4.69) is 0 Å². The van der Waals surface area contributed by atoms with Crippen molar-refractivity contribution in [2.24, 2.45) is 5.92 Å². The van der Waals surface area contributed by atoms with Crippen LogP contribution in [0.5, 0.6) is 0 Å². The summed E-state index contributed by atoms with van der Waals surface area (Å²) in [5.74, 6) is -2.40. The van der Waals surface area contributed by atoms with Crippen LogP contribution in [0.2, 0.25) is 0 Å². The smallest absolute Gasteiger partial charge is 0.391 e. The van der Waals surface area contributed by atoms with E-state index in [0.29, 0.717) is 11.3 Å². The van der Waals surface area contributed by atoms with Crippen LogP contribution in [0.3, 0.4) is 0 Å². The highest BCUT2D eigenvalue weighted by molar-refractivity contribution is 5.96. The molecule has 1 fully saturated rings. The van der Waals surface area contributed by atoms with Gasteiger partial charge in [-0.15, -0.1) is 0 Å². The molecule has 0 atom stereocenters. The minimum atomic E-state index is -4.18. The zero-order valence-electron chi connectivity index (χ0n) is 12.2. The monoisotopic (exact) mass is 317 g/mol. The summed E-state index contributed by atoms with van der Waals surface area (Å²) in [5.41, 5.74) is 1.09. The molecule has 2 rings (SSSR count). The van der Waals surface area contributed by atoms with Crippen LogP contribution < -0.4 is 4.90 Å². The molecular weight excluding hydrogens is 299 g/mol. The molecule has 1 aliphatic heterocycles. The van der Waals surface area contributed by atoms with E-state index in [1.807, 2.05) is 0 Å². The first-order valence-corrected chi connectivity index (χ1v) is 7.00. The summed E-state index contributed by atoms with van der Waals surface area (Å²) in [4.78, 5) is 13.2. The molecule has 4 nitrogen and oxygen atoms in total. The number of anilines is 1. The largest absolute Gasteiger partial charge is 0.478 e. The van der Waals surface area contributed by atoms with Crippen LogP contribution in [0.15, 0.2) is 18.2 Å². The second-order valence-electron chi connectivity index (χ2n) is 5.35. The number of carbonyl (C=O) groups is 1. The number of benzene rings is 1. The number of carboxylic acids is 1. The Morgan fingerprint density at radius 2 is 2.00 bits per heavy atom. The van der Waals surface area contributed by atoms with Gasteiger partial charge in [-0.2, -0.15) is 13.2 Å². The molecule has 1 aliphatic rings. The highest BCUT2D eigenvalue weighted by Crippen LogP contribution is 2.36. The molecule has 0 aromatic heterocycles. The van der Waals surface area contributed by atoms with Gasteiger partial charge in [0, 0.05) is 20.2 Å². The van der Waals surface area contributed by atoms with Gasteiger partial charge in [0.05, 0.1) is 23.8 Å². The lowest BCUT2D eigenvalue weighted by Crippen LogP contribution is -2.39. The van der Waals surface area contributed by atoms with Gasteiger partial charge in [-0.25, -0.2) is 4.79 Å². The molecule has 0 unspecified atom stereocenters. The van der Waals surface area contributed by atoms with Crippen molar-refractivity contribution in [3.05, 3.63) is 29.3 Å². The molecule has 1 N–H and O–H groups in total. The van der Waals surface area contributed by atoms with Crippen LogP contribution in [-0.2, 0) is 11.3 Å². The van der Waals surface area contributed by atoms with E-state index < -0.39 is 18.1 Å². The summed E-state index contributed by atoms with van der Waals surface area (Å²) in [6.07, 6.45) is -4.21. The fourth-order valence-corrected chi connectivity index (χ4v) is 2.82. The van der Waals surface area contributed by atoms with E-state index in [0.717, 1.165) is 0 Å². The summed E-state index contributed by atoms with van der Waals surface area (Å²) >= 11 is 0. The van der Waals surface area contributed by atoms with E-state index in [-0.39, 0.29) is 38.1 Å². The maximum atomic E-state index is 12.7. The molecule has 1 heterocycles. The third-order valence-corrected chi connectivity index (χ3v) is 3.94. The molecule has 1 aromatic rings. The average molecular weight is 317 g/mol. The molecule has 0 amide bonds. The normalized spacial score (nSPS) is 16.8. The maximum Gasteiger partial charge on any atom is 0.391 e. The fraction of sp³-hybridized carbons (Fsp3) is 0.533. The van der Waals surface area contributed by atoms with Gasteiger partial charge in [-0.3, -0.25) is 0 Å². The average Bonchev–Trinajstić information content (AvgIpc) is 2.46. The van der Waals surface area contributed by atoms with Crippen molar-refractivity contribution in [3.63, 3.8) is 0 Å². The van der Waals surface area contributed by atoms with Crippen molar-refractivity contribution in [1.82, 2.24) is 0 Å². The number of piperidine rings is 1. The zero-order chi connectivity index (χ0) is 16.3. The van der Waals surface area contributed by atoms with Gasteiger partial charge in [0.15, 0.2) is 0 Å². The van der Waals surface area contributed by atoms with Crippen molar-refractivity contribution in [2.45, 2.75) is 25.6 Å². The van der Waals surface area contributed by atoms with Gasteiger partial charge in [0.25, 0.3) is 0 Å². The topological polar surface area (TPSA) is 49.8 Å². The van der Waals surface area contributed by atoms with Crippen LogP contribution >= 0.6 is 0 Å². The highest BCUT2D eigenvalue weighted by atomic mass is 19.4. The number of ether oxygens (including phenoxy) is 1. The van der Waals surface area contributed by atoms with E-state index in [1.54, 1.807) is 23.1 Å². The first-order chi connectivity index (χ1) is 10.3. The Bertz CT molecular complexity index is 537. The summed E-state index contributed by atoms with van der Waals surface area (Å²) in [6.45, 7) is 0.538. The SMILES string of the molecule is COCc1cccc(N2CCC(C(F)(F)F)CC2)c1C(=O)O. The minimum Gasteiger partial charge on any atom is -0.478 e. The van der Waals surface area contributed by atoms with Gasteiger partial charge in [-0.1, -0.05) is 12.1 Å². The number of hydrogen-bond acceptors (Lipinski definition) is 3. The Kier molecular flexibility index (Phi) is 4.95. The lowest BCUT2D eigenvalue weighted by Gasteiger charge is -2.35. The Labute approximate surface area is 126 Å². The highest BCUT2D eigenvalue weighted by Gasteiger charge is 2.41. The van der Waals surface area contributed by atoms with Crippen LogP contribution in [-0.4, -0.2) is 37.5 Å². The Hall–Kier alpha value is -1.76. The lowest BCUT2D eigenvalue weighted by molar-refractivity contribution is -0.179. The van der Waals surface area contributed by atoms with E-state index in [9.17, 15) is 23.1 Å². The second kappa shape index (κ2) is 6.56. The van der Waals surface area contributed by atoms with Crippen LogP contribution in [0, 0.1) is 5.92 Å². The van der Waals surface area contributed by atoms with Gasteiger partial charge >= 0.3 is 12.1 Å². The molecule has 0 bridgehead atoms. The molecule has 122 valence electrons. The van der Waals surface area contributed by atoms with Gasteiger partial charge in [0.1, 0.15) is 0 Å².